The maximum atomic E-state index is 10.8. The fraction of sp³-hybridized carbons (Fsp3) is 0.615. The lowest BCUT2D eigenvalue weighted by Gasteiger charge is -2.25. The SMILES string of the molecule is CC1CCCC(SCc2ccc(C(=O)O)s2)C1. The first-order valence-corrected chi connectivity index (χ1v) is 7.95. The average molecular weight is 270 g/mol. The van der Waals surface area contributed by atoms with Crippen LogP contribution < -0.4 is 0 Å². The molecule has 0 aromatic carbocycles. The van der Waals surface area contributed by atoms with Gasteiger partial charge in [-0.1, -0.05) is 19.8 Å². The van der Waals surface area contributed by atoms with Gasteiger partial charge in [0.05, 0.1) is 0 Å². The molecule has 0 saturated heterocycles. The second-order valence-electron chi connectivity index (χ2n) is 4.78. The van der Waals surface area contributed by atoms with E-state index in [1.807, 2.05) is 17.8 Å². The van der Waals surface area contributed by atoms with Gasteiger partial charge in [0.25, 0.3) is 0 Å². The molecule has 1 aromatic heterocycles. The van der Waals surface area contributed by atoms with Crippen molar-refractivity contribution in [1.29, 1.82) is 0 Å². The molecule has 0 bridgehead atoms. The first-order chi connectivity index (χ1) is 8.15. The molecule has 94 valence electrons. The van der Waals surface area contributed by atoms with Crippen LogP contribution in [0, 0.1) is 5.92 Å². The number of rotatable bonds is 4. The maximum absolute atomic E-state index is 10.8. The van der Waals surface area contributed by atoms with Gasteiger partial charge < -0.3 is 5.11 Å². The van der Waals surface area contributed by atoms with Crippen LogP contribution in [0.1, 0.15) is 47.2 Å². The van der Waals surface area contributed by atoms with Gasteiger partial charge in [0, 0.05) is 15.9 Å². The molecule has 2 rings (SSSR count). The molecule has 1 fully saturated rings. The number of thiophene rings is 1. The summed E-state index contributed by atoms with van der Waals surface area (Å²) in [6.45, 7) is 2.33. The molecule has 1 aromatic rings. The monoisotopic (exact) mass is 270 g/mol. The smallest absolute Gasteiger partial charge is 0.345 e. The molecular formula is C13H18O2S2. The quantitative estimate of drug-likeness (QED) is 0.888. The Kier molecular flexibility index (Phi) is 4.51. The summed E-state index contributed by atoms with van der Waals surface area (Å²) in [5.74, 6) is 1.02. The lowest BCUT2D eigenvalue weighted by Crippen LogP contribution is -2.15. The van der Waals surface area contributed by atoms with E-state index < -0.39 is 5.97 Å². The average Bonchev–Trinajstić information content (AvgIpc) is 2.75. The third-order valence-electron chi connectivity index (χ3n) is 3.22. The molecule has 4 heteroatoms. The molecule has 0 radical (unpaired) electrons. The Morgan fingerprint density at radius 3 is 3.00 bits per heavy atom. The minimum Gasteiger partial charge on any atom is -0.477 e. The third kappa shape index (κ3) is 3.75. The number of hydrogen-bond donors (Lipinski definition) is 1. The Labute approximate surface area is 110 Å². The molecule has 2 unspecified atom stereocenters. The molecule has 2 nitrogen and oxygen atoms in total. The Hall–Kier alpha value is -0.480. The number of carboxylic acid groups (broad SMARTS) is 1. The van der Waals surface area contributed by atoms with E-state index in [0.717, 1.165) is 16.9 Å². The van der Waals surface area contributed by atoms with E-state index in [2.05, 4.69) is 6.92 Å². The number of carbonyl (C=O) groups is 1. The van der Waals surface area contributed by atoms with Crippen molar-refractivity contribution < 1.29 is 9.90 Å². The summed E-state index contributed by atoms with van der Waals surface area (Å²) < 4.78 is 0. The van der Waals surface area contributed by atoms with Crippen molar-refractivity contribution in [3.63, 3.8) is 0 Å². The van der Waals surface area contributed by atoms with Crippen molar-refractivity contribution in [2.24, 2.45) is 5.92 Å². The lowest BCUT2D eigenvalue weighted by molar-refractivity contribution is 0.0702. The van der Waals surface area contributed by atoms with Crippen LogP contribution in [0.5, 0.6) is 0 Å². The van der Waals surface area contributed by atoms with Gasteiger partial charge in [0.15, 0.2) is 0 Å². The molecule has 1 aliphatic carbocycles. The molecule has 1 aliphatic rings. The van der Waals surface area contributed by atoms with E-state index in [0.29, 0.717) is 4.88 Å². The van der Waals surface area contributed by atoms with Crippen molar-refractivity contribution in [2.45, 2.75) is 43.6 Å². The van der Waals surface area contributed by atoms with E-state index in [9.17, 15) is 4.79 Å². The van der Waals surface area contributed by atoms with Gasteiger partial charge in [0.2, 0.25) is 0 Å². The van der Waals surface area contributed by atoms with Crippen molar-refractivity contribution >= 4 is 29.1 Å². The summed E-state index contributed by atoms with van der Waals surface area (Å²) in [6, 6.07) is 3.67. The molecule has 0 amide bonds. The fourth-order valence-corrected chi connectivity index (χ4v) is 4.68. The Morgan fingerprint density at radius 2 is 2.35 bits per heavy atom. The normalized spacial score (nSPS) is 24.8. The van der Waals surface area contributed by atoms with Gasteiger partial charge >= 0.3 is 5.97 Å². The van der Waals surface area contributed by atoms with Crippen molar-refractivity contribution in [3.05, 3.63) is 21.9 Å². The highest BCUT2D eigenvalue weighted by Gasteiger charge is 2.19. The lowest BCUT2D eigenvalue weighted by atomic mass is 9.91. The Morgan fingerprint density at radius 1 is 1.53 bits per heavy atom. The maximum Gasteiger partial charge on any atom is 0.345 e. The fourth-order valence-electron chi connectivity index (χ4n) is 2.30. The van der Waals surface area contributed by atoms with Gasteiger partial charge in [-0.25, -0.2) is 4.79 Å². The van der Waals surface area contributed by atoms with Crippen LogP contribution in [0.3, 0.4) is 0 Å². The van der Waals surface area contributed by atoms with Crippen LogP contribution in [0.4, 0.5) is 0 Å². The Balaban J connectivity index is 1.82. The van der Waals surface area contributed by atoms with Gasteiger partial charge in [-0.2, -0.15) is 11.8 Å². The molecular weight excluding hydrogens is 252 g/mol. The van der Waals surface area contributed by atoms with Crippen molar-refractivity contribution in [2.75, 3.05) is 0 Å². The van der Waals surface area contributed by atoms with Crippen LogP contribution >= 0.6 is 23.1 Å². The first-order valence-electron chi connectivity index (χ1n) is 6.08. The van der Waals surface area contributed by atoms with Crippen molar-refractivity contribution in [1.82, 2.24) is 0 Å². The molecule has 1 saturated carbocycles. The molecule has 0 spiro atoms. The largest absolute Gasteiger partial charge is 0.477 e. The summed E-state index contributed by atoms with van der Waals surface area (Å²) in [5.41, 5.74) is 0. The first kappa shape index (κ1) is 13.0. The van der Waals surface area contributed by atoms with Gasteiger partial charge in [-0.05, 0) is 30.9 Å². The van der Waals surface area contributed by atoms with E-state index in [1.165, 1.54) is 41.9 Å². The second-order valence-corrected chi connectivity index (χ2v) is 7.23. The Bertz CT molecular complexity index is 387. The number of thioether (sulfide) groups is 1. The summed E-state index contributed by atoms with van der Waals surface area (Å²) in [4.78, 5) is 12.4. The molecule has 0 aliphatic heterocycles. The topological polar surface area (TPSA) is 37.3 Å². The van der Waals surface area contributed by atoms with Gasteiger partial charge in [0.1, 0.15) is 4.88 Å². The predicted molar refractivity (Wildman–Crippen MR) is 74.0 cm³/mol. The molecule has 2 atom stereocenters. The van der Waals surface area contributed by atoms with Gasteiger partial charge in [-0.15, -0.1) is 11.3 Å². The van der Waals surface area contributed by atoms with Crippen LogP contribution in [-0.4, -0.2) is 16.3 Å². The molecule has 1 heterocycles. The van der Waals surface area contributed by atoms with Crippen LogP contribution in [0.15, 0.2) is 12.1 Å². The minimum atomic E-state index is -0.808. The number of aromatic carboxylic acids is 1. The number of hydrogen-bond acceptors (Lipinski definition) is 3. The third-order valence-corrected chi connectivity index (χ3v) is 5.86. The zero-order chi connectivity index (χ0) is 12.3. The highest BCUT2D eigenvalue weighted by atomic mass is 32.2. The van der Waals surface area contributed by atoms with E-state index in [-0.39, 0.29) is 0 Å². The summed E-state index contributed by atoms with van der Waals surface area (Å²) in [5, 5.41) is 9.63. The second kappa shape index (κ2) is 5.91. The van der Waals surface area contributed by atoms with Crippen molar-refractivity contribution in [3.8, 4) is 0 Å². The predicted octanol–water partition coefficient (Wildman–Crippen LogP) is 4.26. The highest BCUT2D eigenvalue weighted by Crippen LogP contribution is 2.34. The van der Waals surface area contributed by atoms with E-state index in [4.69, 9.17) is 5.11 Å². The van der Waals surface area contributed by atoms with Crippen LogP contribution in [-0.2, 0) is 5.75 Å². The summed E-state index contributed by atoms with van der Waals surface area (Å²) in [6.07, 6.45) is 5.37. The van der Waals surface area contributed by atoms with Crippen LogP contribution in [0.25, 0.3) is 0 Å². The number of carboxylic acids is 1. The summed E-state index contributed by atoms with van der Waals surface area (Å²) in [7, 11) is 0. The van der Waals surface area contributed by atoms with E-state index >= 15 is 0 Å². The summed E-state index contributed by atoms with van der Waals surface area (Å²) >= 11 is 3.41. The van der Waals surface area contributed by atoms with Crippen LogP contribution in [0.2, 0.25) is 0 Å². The molecule has 17 heavy (non-hydrogen) atoms. The highest BCUT2D eigenvalue weighted by molar-refractivity contribution is 7.99. The zero-order valence-electron chi connectivity index (χ0n) is 10.0. The molecule has 1 N–H and O–H groups in total. The standard InChI is InChI=1S/C13H18O2S2/c1-9-3-2-4-10(7-9)16-8-11-5-6-12(17-11)13(14)15/h5-6,9-10H,2-4,7-8H2,1H3,(H,14,15). The van der Waals surface area contributed by atoms with E-state index in [1.54, 1.807) is 6.07 Å². The zero-order valence-corrected chi connectivity index (χ0v) is 11.6. The minimum absolute atomic E-state index is 0.456. The van der Waals surface area contributed by atoms with Gasteiger partial charge in [-0.3, -0.25) is 0 Å².